The van der Waals surface area contributed by atoms with E-state index in [0.717, 1.165) is 17.2 Å². The number of ether oxygens (including phenoxy) is 1. The van der Waals surface area contributed by atoms with Crippen LogP contribution in [-0.2, 0) is 0 Å². The van der Waals surface area contributed by atoms with Gasteiger partial charge in [-0.05, 0) is 17.7 Å². The van der Waals surface area contributed by atoms with Gasteiger partial charge in [0, 0.05) is 7.05 Å². The highest BCUT2D eigenvalue weighted by atomic mass is 16.5. The molecule has 0 unspecified atom stereocenters. The van der Waals surface area contributed by atoms with Crippen molar-refractivity contribution < 1.29 is 4.74 Å². The highest BCUT2D eigenvalue weighted by Crippen LogP contribution is 2.42. The maximum atomic E-state index is 5.83. The van der Waals surface area contributed by atoms with Crippen molar-refractivity contribution in [2.24, 2.45) is 0 Å². The van der Waals surface area contributed by atoms with E-state index in [1.165, 1.54) is 5.56 Å². The Hall–Kier alpha value is -2.22. The van der Waals surface area contributed by atoms with Gasteiger partial charge < -0.3 is 9.64 Å². The smallest absolute Gasteiger partial charge is 0.150 e. The summed E-state index contributed by atoms with van der Waals surface area (Å²) in [5, 5.41) is 0. The first-order valence-corrected chi connectivity index (χ1v) is 6.01. The standard InChI is InChI=1S/C16H15NO/c1-12-16(13-8-4-3-5-9-13)17(2)14-10-6-7-11-15(14)18-12/h3-11,16H,1H2,2H3/t16-/m1/s1. The first kappa shape index (κ1) is 10.9. The zero-order valence-electron chi connectivity index (χ0n) is 10.3. The summed E-state index contributed by atoms with van der Waals surface area (Å²) in [5.41, 5.74) is 2.29. The number of fused-ring (bicyclic) bond motifs is 1. The summed E-state index contributed by atoms with van der Waals surface area (Å²) in [5.74, 6) is 1.64. The minimum Gasteiger partial charge on any atom is -0.458 e. The van der Waals surface area contributed by atoms with Gasteiger partial charge in [0.15, 0.2) is 0 Å². The summed E-state index contributed by atoms with van der Waals surface area (Å²) >= 11 is 0. The number of nitrogens with zero attached hydrogens (tertiary/aromatic N) is 1. The fourth-order valence-electron chi connectivity index (χ4n) is 2.43. The maximum absolute atomic E-state index is 5.83. The quantitative estimate of drug-likeness (QED) is 0.748. The highest BCUT2D eigenvalue weighted by molar-refractivity contribution is 5.63. The third-order valence-corrected chi connectivity index (χ3v) is 3.29. The van der Waals surface area contributed by atoms with Crippen molar-refractivity contribution in [2.45, 2.75) is 6.04 Å². The van der Waals surface area contributed by atoms with Gasteiger partial charge in [-0.3, -0.25) is 0 Å². The Morgan fingerprint density at radius 3 is 2.44 bits per heavy atom. The van der Waals surface area contributed by atoms with E-state index in [-0.39, 0.29) is 6.04 Å². The van der Waals surface area contributed by atoms with E-state index in [4.69, 9.17) is 4.74 Å². The number of rotatable bonds is 1. The molecule has 18 heavy (non-hydrogen) atoms. The van der Waals surface area contributed by atoms with Gasteiger partial charge in [0.1, 0.15) is 17.6 Å². The molecule has 0 N–H and O–H groups in total. The molecule has 1 atom stereocenters. The molecule has 0 aliphatic carbocycles. The lowest BCUT2D eigenvalue weighted by Gasteiger charge is -2.37. The second-order valence-corrected chi connectivity index (χ2v) is 4.46. The minimum absolute atomic E-state index is 0.0705. The summed E-state index contributed by atoms with van der Waals surface area (Å²) in [7, 11) is 2.07. The molecule has 0 bridgehead atoms. The number of hydrogen-bond acceptors (Lipinski definition) is 2. The molecular weight excluding hydrogens is 222 g/mol. The molecule has 0 radical (unpaired) electrons. The first-order chi connectivity index (χ1) is 8.77. The van der Waals surface area contributed by atoms with Crippen LogP contribution < -0.4 is 9.64 Å². The van der Waals surface area contributed by atoms with Gasteiger partial charge in [0.25, 0.3) is 0 Å². The van der Waals surface area contributed by atoms with Crippen LogP contribution in [-0.4, -0.2) is 7.05 Å². The maximum Gasteiger partial charge on any atom is 0.150 e. The van der Waals surface area contributed by atoms with Crippen LogP contribution in [0.2, 0.25) is 0 Å². The lowest BCUT2D eigenvalue weighted by molar-refractivity contribution is 0.363. The molecule has 0 aromatic heterocycles. The predicted octanol–water partition coefficient (Wildman–Crippen LogP) is 3.77. The van der Waals surface area contributed by atoms with E-state index in [2.05, 4.69) is 36.7 Å². The van der Waals surface area contributed by atoms with Crippen molar-refractivity contribution in [3.8, 4) is 5.75 Å². The normalized spacial score (nSPS) is 18.2. The molecule has 2 nitrogen and oxygen atoms in total. The Balaban J connectivity index is 2.06. The average Bonchev–Trinajstić information content (AvgIpc) is 2.40. The Morgan fingerprint density at radius 1 is 1.00 bits per heavy atom. The lowest BCUT2D eigenvalue weighted by Crippen LogP contribution is -2.31. The minimum atomic E-state index is 0.0705. The zero-order valence-corrected chi connectivity index (χ0v) is 10.3. The highest BCUT2D eigenvalue weighted by Gasteiger charge is 2.29. The van der Waals surface area contributed by atoms with E-state index in [1.54, 1.807) is 0 Å². The van der Waals surface area contributed by atoms with Gasteiger partial charge in [-0.15, -0.1) is 0 Å². The number of anilines is 1. The Labute approximate surface area is 107 Å². The monoisotopic (exact) mass is 237 g/mol. The molecular formula is C16H15NO. The van der Waals surface area contributed by atoms with E-state index >= 15 is 0 Å². The van der Waals surface area contributed by atoms with Crippen molar-refractivity contribution in [1.29, 1.82) is 0 Å². The summed E-state index contributed by atoms with van der Waals surface area (Å²) in [6.45, 7) is 4.06. The molecule has 0 spiro atoms. The Morgan fingerprint density at radius 2 is 1.67 bits per heavy atom. The molecule has 3 rings (SSSR count). The van der Waals surface area contributed by atoms with Gasteiger partial charge in [-0.1, -0.05) is 49.0 Å². The van der Waals surface area contributed by atoms with Gasteiger partial charge in [0.2, 0.25) is 0 Å². The van der Waals surface area contributed by atoms with E-state index < -0.39 is 0 Å². The predicted molar refractivity (Wildman–Crippen MR) is 73.8 cm³/mol. The largest absolute Gasteiger partial charge is 0.458 e. The van der Waals surface area contributed by atoms with E-state index in [0.29, 0.717) is 0 Å². The van der Waals surface area contributed by atoms with Gasteiger partial charge >= 0.3 is 0 Å². The molecule has 0 saturated carbocycles. The summed E-state index contributed by atoms with van der Waals surface area (Å²) < 4.78 is 5.83. The van der Waals surface area contributed by atoms with Crippen LogP contribution in [0.1, 0.15) is 11.6 Å². The third-order valence-electron chi connectivity index (χ3n) is 3.29. The summed E-state index contributed by atoms with van der Waals surface area (Å²) in [6, 6.07) is 18.4. The van der Waals surface area contributed by atoms with Gasteiger partial charge in [-0.25, -0.2) is 0 Å². The second kappa shape index (κ2) is 4.22. The third kappa shape index (κ3) is 1.66. The average molecular weight is 237 g/mol. The SMILES string of the molecule is C=C1Oc2ccccc2N(C)[C@H]1c1ccccc1. The fraction of sp³-hybridized carbons (Fsp3) is 0.125. The molecule has 1 aliphatic heterocycles. The first-order valence-electron chi connectivity index (χ1n) is 6.01. The molecule has 1 aliphatic rings. The van der Waals surface area contributed by atoms with Crippen LogP contribution in [0.15, 0.2) is 66.9 Å². The van der Waals surface area contributed by atoms with Crippen LogP contribution in [0.25, 0.3) is 0 Å². The second-order valence-electron chi connectivity index (χ2n) is 4.46. The number of hydrogen-bond donors (Lipinski definition) is 0. The molecule has 1 heterocycles. The van der Waals surface area contributed by atoms with Crippen LogP contribution in [0, 0.1) is 0 Å². The molecule has 2 heteroatoms. The fourth-order valence-corrected chi connectivity index (χ4v) is 2.43. The van der Waals surface area contributed by atoms with E-state index in [1.807, 2.05) is 36.4 Å². The van der Waals surface area contributed by atoms with Crippen molar-refractivity contribution in [1.82, 2.24) is 0 Å². The van der Waals surface area contributed by atoms with Crippen molar-refractivity contribution in [3.63, 3.8) is 0 Å². The lowest BCUT2D eigenvalue weighted by atomic mass is 10.0. The van der Waals surface area contributed by atoms with Crippen LogP contribution in [0.3, 0.4) is 0 Å². The molecule has 2 aromatic carbocycles. The van der Waals surface area contributed by atoms with Crippen molar-refractivity contribution in [3.05, 3.63) is 72.5 Å². The number of likely N-dealkylation sites (N-methyl/N-ethyl adjacent to an activating group) is 1. The van der Waals surface area contributed by atoms with Crippen LogP contribution in [0.4, 0.5) is 5.69 Å². The van der Waals surface area contributed by atoms with Crippen molar-refractivity contribution >= 4 is 5.69 Å². The van der Waals surface area contributed by atoms with E-state index in [9.17, 15) is 0 Å². The van der Waals surface area contributed by atoms with Crippen LogP contribution in [0.5, 0.6) is 5.75 Å². The number of para-hydroxylation sites is 2. The Bertz CT molecular complexity index is 577. The molecule has 2 aromatic rings. The van der Waals surface area contributed by atoms with Gasteiger partial charge in [0.05, 0.1) is 5.69 Å². The molecule has 0 fully saturated rings. The Kier molecular flexibility index (Phi) is 2.56. The van der Waals surface area contributed by atoms with Crippen molar-refractivity contribution in [2.75, 3.05) is 11.9 Å². The topological polar surface area (TPSA) is 12.5 Å². The summed E-state index contributed by atoms with van der Waals surface area (Å²) in [6.07, 6.45) is 0. The molecule has 90 valence electrons. The molecule has 0 saturated heterocycles. The summed E-state index contributed by atoms with van der Waals surface area (Å²) in [4.78, 5) is 2.20. The number of benzene rings is 2. The van der Waals surface area contributed by atoms with Crippen LogP contribution >= 0.6 is 0 Å². The molecule has 0 amide bonds. The zero-order chi connectivity index (χ0) is 12.5. The van der Waals surface area contributed by atoms with Gasteiger partial charge in [-0.2, -0.15) is 0 Å².